The van der Waals surface area contributed by atoms with Crippen molar-refractivity contribution < 1.29 is 5.11 Å². The van der Waals surface area contributed by atoms with Gasteiger partial charge in [0, 0.05) is 35.5 Å². The zero-order chi connectivity index (χ0) is 13.8. The summed E-state index contributed by atoms with van der Waals surface area (Å²) < 4.78 is 1.06. The van der Waals surface area contributed by atoms with Crippen LogP contribution in [0.4, 0.5) is 5.95 Å². The van der Waals surface area contributed by atoms with E-state index in [4.69, 9.17) is 5.11 Å². The number of nitrogens with zero attached hydrogens (tertiary/aromatic N) is 3. The summed E-state index contributed by atoms with van der Waals surface area (Å²) >= 11 is 3.46. The van der Waals surface area contributed by atoms with Crippen LogP contribution in [0, 0.1) is 6.92 Å². The van der Waals surface area contributed by atoms with Gasteiger partial charge in [0.15, 0.2) is 0 Å². The molecule has 0 saturated heterocycles. The fraction of sp³-hybridized carbons (Fsp3) is 0.286. The summed E-state index contributed by atoms with van der Waals surface area (Å²) in [4.78, 5) is 10.7. The summed E-state index contributed by atoms with van der Waals surface area (Å²) in [5, 5.41) is 9.11. The Bertz CT molecular complexity index is 574. The Morgan fingerprint density at radius 3 is 2.79 bits per heavy atom. The van der Waals surface area contributed by atoms with Crippen LogP contribution in [0.5, 0.6) is 0 Å². The minimum absolute atomic E-state index is 0.0263. The van der Waals surface area contributed by atoms with Gasteiger partial charge in [-0.15, -0.1) is 0 Å². The highest BCUT2D eigenvalue weighted by atomic mass is 79.9. The monoisotopic (exact) mass is 321 g/mol. The van der Waals surface area contributed by atoms with Gasteiger partial charge in [0.25, 0.3) is 0 Å². The molecule has 4 nitrogen and oxygen atoms in total. The first-order valence-electron chi connectivity index (χ1n) is 5.99. The van der Waals surface area contributed by atoms with E-state index in [1.165, 1.54) is 5.56 Å². The maximum absolute atomic E-state index is 9.11. The molecular formula is C14H16BrN3O. The molecule has 0 aliphatic rings. The molecule has 1 aromatic carbocycles. The number of anilines is 1. The quantitative estimate of drug-likeness (QED) is 0.940. The van der Waals surface area contributed by atoms with E-state index in [2.05, 4.69) is 38.0 Å². The van der Waals surface area contributed by atoms with Gasteiger partial charge in [-0.25, -0.2) is 9.97 Å². The van der Waals surface area contributed by atoms with Gasteiger partial charge in [0.1, 0.15) is 0 Å². The lowest BCUT2D eigenvalue weighted by Gasteiger charge is -2.18. The van der Waals surface area contributed by atoms with Crippen molar-refractivity contribution in [3.63, 3.8) is 0 Å². The number of hydrogen-bond acceptors (Lipinski definition) is 4. The molecule has 0 fully saturated rings. The minimum Gasteiger partial charge on any atom is -0.392 e. The molecule has 0 radical (unpaired) electrons. The van der Waals surface area contributed by atoms with Crippen molar-refractivity contribution in [2.24, 2.45) is 0 Å². The fourth-order valence-corrected chi connectivity index (χ4v) is 2.25. The van der Waals surface area contributed by atoms with Crippen molar-refractivity contribution in [2.45, 2.75) is 20.1 Å². The molecule has 0 spiro atoms. The Hall–Kier alpha value is -1.46. The lowest BCUT2D eigenvalue weighted by molar-refractivity contribution is 0.280. The van der Waals surface area contributed by atoms with Crippen molar-refractivity contribution in [3.8, 4) is 0 Å². The molecule has 5 heteroatoms. The van der Waals surface area contributed by atoms with E-state index < -0.39 is 0 Å². The summed E-state index contributed by atoms with van der Waals surface area (Å²) in [6.45, 7) is 2.59. The molecule has 0 bridgehead atoms. The standard InChI is InChI=1S/C14H16BrN3O/c1-10-12(9-19)7-16-14(17-10)18(2)8-11-4-3-5-13(15)6-11/h3-7,19H,8-9H2,1-2H3. The van der Waals surface area contributed by atoms with Gasteiger partial charge in [-0.05, 0) is 24.6 Å². The number of aliphatic hydroxyl groups is 1. The zero-order valence-corrected chi connectivity index (χ0v) is 12.6. The summed E-state index contributed by atoms with van der Waals surface area (Å²) in [6.07, 6.45) is 1.68. The predicted octanol–water partition coefficient (Wildman–Crippen LogP) is 2.68. The normalized spacial score (nSPS) is 10.5. The van der Waals surface area contributed by atoms with Crippen LogP contribution in [0.2, 0.25) is 0 Å². The van der Waals surface area contributed by atoms with Gasteiger partial charge in [-0.1, -0.05) is 28.1 Å². The molecule has 19 heavy (non-hydrogen) atoms. The van der Waals surface area contributed by atoms with Crippen LogP contribution in [-0.4, -0.2) is 22.1 Å². The number of aryl methyl sites for hydroxylation is 1. The largest absolute Gasteiger partial charge is 0.392 e. The van der Waals surface area contributed by atoms with E-state index in [1.54, 1.807) is 6.20 Å². The second-order valence-corrected chi connectivity index (χ2v) is 5.34. The number of hydrogen-bond donors (Lipinski definition) is 1. The van der Waals surface area contributed by atoms with Crippen molar-refractivity contribution in [1.82, 2.24) is 9.97 Å². The molecule has 2 aromatic rings. The third-order valence-electron chi connectivity index (χ3n) is 2.89. The van der Waals surface area contributed by atoms with Crippen molar-refractivity contribution in [3.05, 3.63) is 51.8 Å². The summed E-state index contributed by atoms with van der Waals surface area (Å²) in [7, 11) is 1.95. The van der Waals surface area contributed by atoms with Crippen LogP contribution >= 0.6 is 15.9 Å². The Labute approximate surface area is 121 Å². The van der Waals surface area contributed by atoms with Crippen LogP contribution in [0.3, 0.4) is 0 Å². The van der Waals surface area contributed by atoms with Crippen LogP contribution in [0.1, 0.15) is 16.8 Å². The Balaban J connectivity index is 2.15. The number of aliphatic hydroxyl groups excluding tert-OH is 1. The Kier molecular flexibility index (Phi) is 4.50. The zero-order valence-electron chi connectivity index (χ0n) is 11.0. The first-order valence-corrected chi connectivity index (χ1v) is 6.78. The average Bonchev–Trinajstić information content (AvgIpc) is 2.38. The van der Waals surface area contributed by atoms with E-state index in [0.29, 0.717) is 5.95 Å². The number of benzene rings is 1. The SMILES string of the molecule is Cc1nc(N(C)Cc2cccc(Br)c2)ncc1CO. The Morgan fingerprint density at radius 1 is 1.37 bits per heavy atom. The molecule has 100 valence electrons. The van der Waals surface area contributed by atoms with Crippen molar-refractivity contribution in [2.75, 3.05) is 11.9 Å². The van der Waals surface area contributed by atoms with E-state index in [0.717, 1.165) is 22.3 Å². The van der Waals surface area contributed by atoms with Crippen molar-refractivity contribution in [1.29, 1.82) is 0 Å². The highest BCUT2D eigenvalue weighted by Gasteiger charge is 2.08. The molecule has 0 unspecified atom stereocenters. The molecule has 0 aliphatic heterocycles. The topological polar surface area (TPSA) is 49.2 Å². The molecule has 0 amide bonds. The maximum atomic E-state index is 9.11. The maximum Gasteiger partial charge on any atom is 0.225 e. The van der Waals surface area contributed by atoms with Gasteiger partial charge in [-0.3, -0.25) is 0 Å². The van der Waals surface area contributed by atoms with E-state index in [-0.39, 0.29) is 6.61 Å². The summed E-state index contributed by atoms with van der Waals surface area (Å²) in [5.74, 6) is 0.662. The predicted molar refractivity (Wildman–Crippen MR) is 78.9 cm³/mol. The highest BCUT2D eigenvalue weighted by Crippen LogP contribution is 2.16. The Morgan fingerprint density at radius 2 is 2.16 bits per heavy atom. The molecule has 1 heterocycles. The van der Waals surface area contributed by atoms with Gasteiger partial charge < -0.3 is 10.0 Å². The summed E-state index contributed by atoms with van der Waals surface area (Å²) in [5.41, 5.74) is 2.76. The molecule has 1 N–H and O–H groups in total. The molecule has 2 rings (SSSR count). The van der Waals surface area contributed by atoms with Gasteiger partial charge >= 0.3 is 0 Å². The highest BCUT2D eigenvalue weighted by molar-refractivity contribution is 9.10. The number of rotatable bonds is 4. The fourth-order valence-electron chi connectivity index (χ4n) is 1.80. The molecule has 1 aromatic heterocycles. The molecule has 0 saturated carbocycles. The average molecular weight is 322 g/mol. The first kappa shape index (κ1) is 14.0. The first-order chi connectivity index (χ1) is 9.10. The van der Waals surface area contributed by atoms with Crippen LogP contribution in [0.15, 0.2) is 34.9 Å². The second-order valence-electron chi connectivity index (χ2n) is 4.42. The lowest BCUT2D eigenvalue weighted by atomic mass is 10.2. The van der Waals surface area contributed by atoms with Crippen molar-refractivity contribution >= 4 is 21.9 Å². The number of halogens is 1. The van der Waals surface area contributed by atoms with Crippen LogP contribution < -0.4 is 4.90 Å². The van der Waals surface area contributed by atoms with Crippen LogP contribution in [0.25, 0.3) is 0 Å². The molecule has 0 atom stereocenters. The smallest absolute Gasteiger partial charge is 0.225 e. The van der Waals surface area contributed by atoms with E-state index in [1.807, 2.05) is 31.0 Å². The molecule has 0 aliphatic carbocycles. The van der Waals surface area contributed by atoms with E-state index in [9.17, 15) is 0 Å². The van der Waals surface area contributed by atoms with Gasteiger partial charge in [0.05, 0.1) is 6.61 Å². The second kappa shape index (κ2) is 6.12. The van der Waals surface area contributed by atoms with E-state index >= 15 is 0 Å². The number of aromatic nitrogens is 2. The minimum atomic E-state index is -0.0263. The lowest BCUT2D eigenvalue weighted by Crippen LogP contribution is -2.19. The van der Waals surface area contributed by atoms with Crippen LogP contribution in [-0.2, 0) is 13.2 Å². The van der Waals surface area contributed by atoms with Gasteiger partial charge in [-0.2, -0.15) is 0 Å². The van der Waals surface area contributed by atoms with Gasteiger partial charge in [0.2, 0.25) is 5.95 Å². The third-order valence-corrected chi connectivity index (χ3v) is 3.38. The third kappa shape index (κ3) is 3.52. The summed E-state index contributed by atoms with van der Waals surface area (Å²) in [6, 6.07) is 8.15. The molecular weight excluding hydrogens is 306 g/mol.